The smallest absolute Gasteiger partial charge is 0.264 e. The summed E-state index contributed by atoms with van der Waals surface area (Å²) in [5.74, 6) is -1.45. The lowest BCUT2D eigenvalue weighted by Crippen LogP contribution is -2.37. The maximum absolute atomic E-state index is 12.8. The molecule has 0 bridgehead atoms. The number of hydrogen-bond donors (Lipinski definition) is 1. The second-order valence-corrected chi connectivity index (χ2v) is 9.82. The van der Waals surface area contributed by atoms with Crippen LogP contribution in [0.15, 0.2) is 53.4 Å². The number of nitrogens with one attached hydrogen (secondary N) is 1. The highest BCUT2D eigenvalue weighted by Crippen LogP contribution is 2.29. The third-order valence-corrected chi connectivity index (χ3v) is 7.49. The van der Waals surface area contributed by atoms with Crippen LogP contribution in [0.2, 0.25) is 0 Å². The minimum Gasteiger partial charge on any atom is -0.335 e. The SMILES string of the molecule is CC(c1ccccc1)N1CC(C(=O)NS(=O)(=O)c2ccc3c(c2)CCCC3)CC1=O. The van der Waals surface area contributed by atoms with Crippen molar-refractivity contribution in [2.24, 2.45) is 5.92 Å². The Hall–Kier alpha value is -2.67. The average molecular weight is 427 g/mol. The van der Waals surface area contributed by atoms with Gasteiger partial charge in [0.25, 0.3) is 10.0 Å². The van der Waals surface area contributed by atoms with Gasteiger partial charge in [0, 0.05) is 13.0 Å². The number of nitrogens with zero attached hydrogens (tertiary/aromatic N) is 1. The van der Waals surface area contributed by atoms with Crippen molar-refractivity contribution in [1.29, 1.82) is 0 Å². The zero-order valence-corrected chi connectivity index (χ0v) is 17.8. The van der Waals surface area contributed by atoms with Crippen LogP contribution < -0.4 is 4.72 Å². The van der Waals surface area contributed by atoms with Gasteiger partial charge in [0.1, 0.15) is 0 Å². The molecule has 1 saturated heterocycles. The van der Waals surface area contributed by atoms with Crippen LogP contribution in [0.1, 0.15) is 48.9 Å². The summed E-state index contributed by atoms with van der Waals surface area (Å²) < 4.78 is 27.7. The number of fused-ring (bicyclic) bond motifs is 1. The molecule has 2 aromatic rings. The van der Waals surface area contributed by atoms with Gasteiger partial charge in [-0.3, -0.25) is 9.59 Å². The topological polar surface area (TPSA) is 83.6 Å². The number of carbonyl (C=O) groups excluding carboxylic acids is 2. The van der Waals surface area contributed by atoms with Gasteiger partial charge in [0.2, 0.25) is 11.8 Å². The maximum Gasteiger partial charge on any atom is 0.264 e. The van der Waals surface area contributed by atoms with Gasteiger partial charge >= 0.3 is 0 Å². The van der Waals surface area contributed by atoms with Crippen molar-refractivity contribution in [3.63, 3.8) is 0 Å². The van der Waals surface area contributed by atoms with E-state index in [9.17, 15) is 18.0 Å². The molecule has 4 rings (SSSR count). The van der Waals surface area contributed by atoms with Crippen LogP contribution in [0.3, 0.4) is 0 Å². The Morgan fingerprint density at radius 3 is 2.50 bits per heavy atom. The fourth-order valence-electron chi connectivity index (χ4n) is 4.34. The van der Waals surface area contributed by atoms with Crippen LogP contribution in [0, 0.1) is 5.92 Å². The molecule has 1 N–H and O–H groups in total. The summed E-state index contributed by atoms with van der Waals surface area (Å²) in [6.45, 7) is 2.12. The predicted octanol–water partition coefficient (Wildman–Crippen LogP) is 2.98. The molecule has 2 aliphatic rings. The van der Waals surface area contributed by atoms with E-state index in [2.05, 4.69) is 4.72 Å². The minimum atomic E-state index is -3.97. The highest BCUT2D eigenvalue weighted by Gasteiger charge is 2.38. The van der Waals surface area contributed by atoms with E-state index >= 15 is 0 Å². The lowest BCUT2D eigenvalue weighted by atomic mass is 9.92. The molecule has 6 nitrogen and oxygen atoms in total. The Balaban J connectivity index is 1.45. The highest BCUT2D eigenvalue weighted by molar-refractivity contribution is 7.90. The second kappa shape index (κ2) is 8.22. The second-order valence-electron chi connectivity index (χ2n) is 8.14. The van der Waals surface area contributed by atoms with Crippen molar-refractivity contribution in [2.45, 2.75) is 50.0 Å². The molecular formula is C23H26N2O4S. The highest BCUT2D eigenvalue weighted by atomic mass is 32.2. The van der Waals surface area contributed by atoms with Crippen LogP contribution in [0.4, 0.5) is 0 Å². The van der Waals surface area contributed by atoms with Crippen LogP contribution in [0.5, 0.6) is 0 Å². The van der Waals surface area contributed by atoms with Crippen LogP contribution in [-0.2, 0) is 32.5 Å². The van der Waals surface area contributed by atoms with Crippen molar-refractivity contribution < 1.29 is 18.0 Å². The Bertz CT molecular complexity index is 1070. The molecule has 1 aliphatic heterocycles. The van der Waals surface area contributed by atoms with Crippen molar-refractivity contribution in [3.8, 4) is 0 Å². The summed E-state index contributed by atoms with van der Waals surface area (Å²) in [6, 6.07) is 14.5. The molecule has 1 aliphatic carbocycles. The first-order chi connectivity index (χ1) is 14.3. The number of carbonyl (C=O) groups is 2. The van der Waals surface area contributed by atoms with E-state index in [1.54, 1.807) is 17.0 Å². The van der Waals surface area contributed by atoms with E-state index < -0.39 is 21.8 Å². The third-order valence-electron chi connectivity index (χ3n) is 6.14. The van der Waals surface area contributed by atoms with Crippen molar-refractivity contribution in [1.82, 2.24) is 9.62 Å². The molecule has 0 spiro atoms. The third kappa shape index (κ3) is 4.12. The number of benzene rings is 2. The van der Waals surface area contributed by atoms with E-state index in [1.165, 1.54) is 5.56 Å². The predicted molar refractivity (Wildman–Crippen MR) is 113 cm³/mol. The first-order valence-corrected chi connectivity index (χ1v) is 11.9. The Labute approximate surface area is 177 Å². The standard InChI is InChI=1S/C23H26N2O4S/c1-16(17-7-3-2-4-8-17)25-15-20(14-22(25)26)23(27)24-30(28,29)21-12-11-18-9-5-6-10-19(18)13-21/h2-4,7-8,11-13,16,20H,5-6,9-10,14-15H2,1H3,(H,24,27). The normalized spacial score (nSPS) is 20.0. The largest absolute Gasteiger partial charge is 0.335 e. The summed E-state index contributed by atoms with van der Waals surface area (Å²) >= 11 is 0. The van der Waals surface area contributed by atoms with Crippen LogP contribution >= 0.6 is 0 Å². The van der Waals surface area contributed by atoms with Gasteiger partial charge in [-0.05, 0) is 61.4 Å². The molecule has 2 unspecified atom stereocenters. The molecule has 30 heavy (non-hydrogen) atoms. The minimum absolute atomic E-state index is 0.0166. The molecule has 0 radical (unpaired) electrons. The van der Waals surface area contributed by atoms with E-state index in [-0.39, 0.29) is 29.8 Å². The zero-order chi connectivity index (χ0) is 21.3. The van der Waals surface area contributed by atoms with Crippen LogP contribution in [0.25, 0.3) is 0 Å². The summed E-state index contributed by atoms with van der Waals surface area (Å²) in [5.41, 5.74) is 3.20. The summed E-state index contributed by atoms with van der Waals surface area (Å²) in [6.07, 6.45) is 3.99. The first kappa shape index (κ1) is 20.6. The molecule has 7 heteroatoms. The van der Waals surface area contributed by atoms with E-state index in [0.29, 0.717) is 0 Å². The monoisotopic (exact) mass is 426 g/mol. The quantitative estimate of drug-likeness (QED) is 0.797. The van der Waals surface area contributed by atoms with E-state index in [0.717, 1.165) is 36.8 Å². The Kier molecular flexibility index (Phi) is 5.64. The fourth-order valence-corrected chi connectivity index (χ4v) is 5.44. The van der Waals surface area contributed by atoms with Gasteiger partial charge in [-0.15, -0.1) is 0 Å². The number of hydrogen-bond acceptors (Lipinski definition) is 4. The molecule has 2 amide bonds. The number of sulfonamides is 1. The lowest BCUT2D eigenvalue weighted by Gasteiger charge is -2.25. The number of aryl methyl sites for hydroxylation is 2. The van der Waals surface area contributed by atoms with Gasteiger partial charge in [0.15, 0.2) is 0 Å². The van der Waals surface area contributed by atoms with Gasteiger partial charge in [0.05, 0.1) is 16.9 Å². The lowest BCUT2D eigenvalue weighted by molar-refractivity contribution is -0.130. The van der Waals surface area contributed by atoms with Crippen molar-refractivity contribution in [3.05, 3.63) is 65.2 Å². The van der Waals surface area contributed by atoms with Crippen molar-refractivity contribution >= 4 is 21.8 Å². The summed E-state index contributed by atoms with van der Waals surface area (Å²) in [4.78, 5) is 27.0. The fraction of sp³-hybridized carbons (Fsp3) is 0.391. The Morgan fingerprint density at radius 1 is 1.07 bits per heavy atom. The molecular weight excluding hydrogens is 400 g/mol. The zero-order valence-electron chi connectivity index (χ0n) is 17.0. The molecule has 2 aromatic carbocycles. The molecule has 2 atom stereocenters. The average Bonchev–Trinajstić information content (AvgIpc) is 3.15. The number of rotatable bonds is 5. The van der Waals surface area contributed by atoms with Crippen molar-refractivity contribution in [2.75, 3.05) is 6.54 Å². The van der Waals surface area contributed by atoms with Gasteiger partial charge < -0.3 is 4.90 Å². The summed E-state index contributed by atoms with van der Waals surface area (Å²) in [5, 5.41) is 0. The molecule has 1 fully saturated rings. The maximum atomic E-state index is 12.8. The number of amides is 2. The molecule has 0 saturated carbocycles. The van der Waals surface area contributed by atoms with Gasteiger partial charge in [-0.1, -0.05) is 36.4 Å². The molecule has 1 heterocycles. The molecule has 0 aromatic heterocycles. The van der Waals surface area contributed by atoms with E-state index in [1.807, 2.05) is 43.3 Å². The molecule has 158 valence electrons. The van der Waals surface area contributed by atoms with Gasteiger partial charge in [-0.2, -0.15) is 0 Å². The van der Waals surface area contributed by atoms with E-state index in [4.69, 9.17) is 0 Å². The Morgan fingerprint density at radius 2 is 1.77 bits per heavy atom. The van der Waals surface area contributed by atoms with Gasteiger partial charge in [-0.25, -0.2) is 13.1 Å². The van der Waals surface area contributed by atoms with Crippen LogP contribution in [-0.4, -0.2) is 31.7 Å². The first-order valence-electron chi connectivity index (χ1n) is 10.4. The number of likely N-dealkylation sites (tertiary alicyclic amines) is 1. The summed E-state index contributed by atoms with van der Waals surface area (Å²) in [7, 11) is -3.97.